The number of hydrogen-bond acceptors (Lipinski definition) is 4. The standard InChI is InChI=1S/C13H16O4S/c14-9-12-4-1-3-11(7-12)8-13(15)5-2-6-18(16,17)10-13/h1,3-4,7,9,15H,2,5-6,8,10H2. The van der Waals surface area contributed by atoms with Crippen molar-refractivity contribution in [2.75, 3.05) is 11.5 Å². The Balaban J connectivity index is 2.19. The minimum Gasteiger partial charge on any atom is -0.388 e. The van der Waals surface area contributed by atoms with E-state index in [4.69, 9.17) is 0 Å². The van der Waals surface area contributed by atoms with Gasteiger partial charge in [-0.3, -0.25) is 4.79 Å². The van der Waals surface area contributed by atoms with Crippen molar-refractivity contribution in [3.63, 3.8) is 0 Å². The second-order valence-corrected chi connectivity index (χ2v) is 7.14. The largest absolute Gasteiger partial charge is 0.388 e. The molecule has 1 aliphatic rings. The number of carbonyl (C=O) groups is 1. The first-order valence-corrected chi connectivity index (χ1v) is 7.72. The average Bonchev–Trinajstić information content (AvgIpc) is 2.26. The molecule has 1 fully saturated rings. The summed E-state index contributed by atoms with van der Waals surface area (Å²) in [5.41, 5.74) is 0.132. The van der Waals surface area contributed by atoms with Crippen LogP contribution >= 0.6 is 0 Å². The van der Waals surface area contributed by atoms with Gasteiger partial charge in [0.2, 0.25) is 0 Å². The van der Waals surface area contributed by atoms with Crippen LogP contribution in [-0.2, 0) is 16.3 Å². The first-order chi connectivity index (χ1) is 8.42. The number of aldehydes is 1. The second-order valence-electron chi connectivity index (χ2n) is 4.96. The zero-order valence-electron chi connectivity index (χ0n) is 10.0. The maximum Gasteiger partial charge on any atom is 0.153 e. The normalized spacial score (nSPS) is 26.7. The molecule has 1 saturated heterocycles. The van der Waals surface area contributed by atoms with Gasteiger partial charge in [0, 0.05) is 12.0 Å². The zero-order valence-corrected chi connectivity index (χ0v) is 10.8. The quantitative estimate of drug-likeness (QED) is 0.830. The maximum absolute atomic E-state index is 11.6. The Bertz CT molecular complexity index is 550. The summed E-state index contributed by atoms with van der Waals surface area (Å²) in [4.78, 5) is 10.7. The van der Waals surface area contributed by atoms with Gasteiger partial charge < -0.3 is 5.11 Å². The van der Waals surface area contributed by atoms with E-state index in [9.17, 15) is 18.3 Å². The van der Waals surface area contributed by atoms with Gasteiger partial charge in [-0.15, -0.1) is 0 Å². The van der Waals surface area contributed by atoms with Gasteiger partial charge in [0.25, 0.3) is 0 Å². The SMILES string of the molecule is O=Cc1cccc(CC2(O)CCCS(=O)(=O)C2)c1. The van der Waals surface area contributed by atoms with Gasteiger partial charge in [-0.05, 0) is 24.5 Å². The highest BCUT2D eigenvalue weighted by molar-refractivity contribution is 7.91. The molecule has 18 heavy (non-hydrogen) atoms. The van der Waals surface area contributed by atoms with Crippen LogP contribution in [0.15, 0.2) is 24.3 Å². The summed E-state index contributed by atoms with van der Waals surface area (Å²) in [5, 5.41) is 10.4. The molecule has 4 nitrogen and oxygen atoms in total. The molecular formula is C13H16O4S. The van der Waals surface area contributed by atoms with Gasteiger partial charge in [-0.25, -0.2) is 8.42 Å². The third kappa shape index (κ3) is 3.17. The lowest BCUT2D eigenvalue weighted by atomic mass is 9.91. The highest BCUT2D eigenvalue weighted by Gasteiger charge is 2.37. The molecular weight excluding hydrogens is 252 g/mol. The third-order valence-corrected chi connectivity index (χ3v) is 5.09. The Morgan fingerprint density at radius 2 is 2.17 bits per heavy atom. The van der Waals surface area contributed by atoms with Crippen LogP contribution in [-0.4, -0.2) is 36.9 Å². The summed E-state index contributed by atoms with van der Waals surface area (Å²) in [7, 11) is -3.15. The molecule has 1 aliphatic heterocycles. The molecule has 0 amide bonds. The molecule has 2 rings (SSSR count). The fraction of sp³-hybridized carbons (Fsp3) is 0.462. The van der Waals surface area contributed by atoms with Crippen LogP contribution in [0.5, 0.6) is 0 Å². The van der Waals surface area contributed by atoms with Crippen LogP contribution in [0.1, 0.15) is 28.8 Å². The Kier molecular flexibility index (Phi) is 3.54. The summed E-state index contributed by atoms with van der Waals surface area (Å²) in [6.07, 6.45) is 1.99. The highest BCUT2D eigenvalue weighted by atomic mass is 32.2. The molecule has 1 heterocycles. The Morgan fingerprint density at radius 3 is 2.83 bits per heavy atom. The van der Waals surface area contributed by atoms with E-state index >= 15 is 0 Å². The van der Waals surface area contributed by atoms with E-state index in [1.165, 1.54) is 0 Å². The molecule has 1 N–H and O–H groups in total. The lowest BCUT2D eigenvalue weighted by molar-refractivity contribution is 0.0502. The van der Waals surface area contributed by atoms with Crippen molar-refractivity contribution in [1.29, 1.82) is 0 Å². The molecule has 0 bridgehead atoms. The van der Waals surface area contributed by atoms with E-state index in [0.717, 1.165) is 11.8 Å². The number of hydrogen-bond donors (Lipinski definition) is 1. The second kappa shape index (κ2) is 4.82. The van der Waals surface area contributed by atoms with E-state index in [0.29, 0.717) is 18.4 Å². The van der Waals surface area contributed by atoms with Crippen molar-refractivity contribution in [2.24, 2.45) is 0 Å². The Hall–Kier alpha value is -1.20. The lowest BCUT2D eigenvalue weighted by Gasteiger charge is -2.31. The molecule has 0 aliphatic carbocycles. The minimum absolute atomic E-state index is 0.156. The van der Waals surface area contributed by atoms with E-state index in [1.807, 2.05) is 0 Å². The lowest BCUT2D eigenvalue weighted by Crippen LogP contribution is -2.44. The van der Waals surface area contributed by atoms with Crippen LogP contribution in [0.3, 0.4) is 0 Å². The van der Waals surface area contributed by atoms with Crippen LogP contribution in [0, 0.1) is 0 Å². The fourth-order valence-electron chi connectivity index (χ4n) is 2.47. The van der Waals surface area contributed by atoms with E-state index in [-0.39, 0.29) is 17.9 Å². The number of rotatable bonds is 3. The average molecular weight is 268 g/mol. The summed E-state index contributed by atoms with van der Waals surface area (Å²) in [5.74, 6) is -0.0327. The van der Waals surface area contributed by atoms with Gasteiger partial charge >= 0.3 is 0 Å². The topological polar surface area (TPSA) is 71.4 Å². The van der Waals surface area contributed by atoms with Crippen molar-refractivity contribution < 1.29 is 18.3 Å². The monoisotopic (exact) mass is 268 g/mol. The van der Waals surface area contributed by atoms with Gasteiger partial charge in [-0.2, -0.15) is 0 Å². The number of benzene rings is 1. The zero-order chi connectivity index (χ0) is 13.2. The number of sulfone groups is 1. The predicted molar refractivity (Wildman–Crippen MR) is 68.4 cm³/mol. The molecule has 1 atom stereocenters. The first-order valence-electron chi connectivity index (χ1n) is 5.89. The van der Waals surface area contributed by atoms with Crippen molar-refractivity contribution >= 4 is 16.1 Å². The van der Waals surface area contributed by atoms with Crippen LogP contribution < -0.4 is 0 Å². The molecule has 0 aromatic heterocycles. The van der Waals surface area contributed by atoms with Crippen LogP contribution in [0.2, 0.25) is 0 Å². The Morgan fingerprint density at radius 1 is 1.39 bits per heavy atom. The van der Waals surface area contributed by atoms with Crippen LogP contribution in [0.25, 0.3) is 0 Å². The first kappa shape index (κ1) is 13.2. The van der Waals surface area contributed by atoms with E-state index in [2.05, 4.69) is 0 Å². The fourth-order valence-corrected chi connectivity index (χ4v) is 4.26. The van der Waals surface area contributed by atoms with E-state index < -0.39 is 15.4 Å². The summed E-state index contributed by atoms with van der Waals surface area (Å²) < 4.78 is 23.1. The molecule has 0 radical (unpaired) electrons. The third-order valence-electron chi connectivity index (χ3n) is 3.21. The molecule has 0 spiro atoms. The smallest absolute Gasteiger partial charge is 0.153 e. The maximum atomic E-state index is 11.6. The molecule has 5 heteroatoms. The molecule has 1 unspecified atom stereocenters. The highest BCUT2D eigenvalue weighted by Crippen LogP contribution is 2.26. The molecule has 1 aromatic carbocycles. The Labute approximate surface area is 107 Å². The van der Waals surface area contributed by atoms with Crippen LogP contribution in [0.4, 0.5) is 0 Å². The molecule has 0 saturated carbocycles. The summed E-state index contributed by atoms with van der Waals surface area (Å²) in [6, 6.07) is 6.90. The molecule has 1 aromatic rings. The van der Waals surface area contributed by atoms with Crippen molar-refractivity contribution in [3.8, 4) is 0 Å². The van der Waals surface area contributed by atoms with Gasteiger partial charge in [0.15, 0.2) is 9.84 Å². The van der Waals surface area contributed by atoms with Crippen molar-refractivity contribution in [1.82, 2.24) is 0 Å². The van der Waals surface area contributed by atoms with Crippen molar-refractivity contribution in [3.05, 3.63) is 35.4 Å². The van der Waals surface area contributed by atoms with Gasteiger partial charge in [0.1, 0.15) is 6.29 Å². The number of carbonyl (C=O) groups excluding carboxylic acids is 1. The van der Waals surface area contributed by atoms with E-state index in [1.54, 1.807) is 24.3 Å². The minimum atomic E-state index is -3.15. The predicted octanol–water partition coefficient (Wildman–Crippen LogP) is 0.981. The van der Waals surface area contributed by atoms with Gasteiger partial charge in [-0.1, -0.05) is 18.2 Å². The van der Waals surface area contributed by atoms with Crippen molar-refractivity contribution in [2.45, 2.75) is 24.9 Å². The van der Waals surface area contributed by atoms with Gasteiger partial charge in [0.05, 0.1) is 17.1 Å². The molecule has 98 valence electrons. The number of aliphatic hydroxyl groups is 1. The summed E-state index contributed by atoms with van der Waals surface area (Å²) >= 11 is 0. The summed E-state index contributed by atoms with van der Waals surface area (Å²) in [6.45, 7) is 0.